The molecule has 2 aromatic rings. The van der Waals surface area contributed by atoms with Crippen LogP contribution in [0.1, 0.15) is 23.7 Å². The van der Waals surface area contributed by atoms with E-state index in [1.54, 1.807) is 31.2 Å². The maximum atomic E-state index is 12.1. The van der Waals surface area contributed by atoms with E-state index in [-0.39, 0.29) is 11.8 Å². The van der Waals surface area contributed by atoms with Crippen LogP contribution in [0, 0.1) is 3.57 Å². The number of halogens is 1. The largest absolute Gasteiger partial charge is 0.326 e. The fourth-order valence-corrected chi connectivity index (χ4v) is 2.05. The zero-order valence-corrected chi connectivity index (χ0v) is 13.7. The third kappa shape index (κ3) is 4.56. The number of amides is 2. The van der Waals surface area contributed by atoms with Gasteiger partial charge in [-0.15, -0.1) is 0 Å². The molecule has 4 nitrogen and oxygen atoms in total. The second kappa shape index (κ2) is 7.21. The first-order valence-corrected chi connectivity index (χ1v) is 7.63. The third-order valence-corrected chi connectivity index (χ3v) is 3.57. The monoisotopic (exact) mass is 394 g/mol. The molecule has 0 radical (unpaired) electrons. The van der Waals surface area contributed by atoms with Crippen LogP contribution in [0.15, 0.2) is 48.5 Å². The van der Waals surface area contributed by atoms with Gasteiger partial charge in [-0.25, -0.2) is 0 Å². The molecule has 0 spiro atoms. The average molecular weight is 394 g/mol. The van der Waals surface area contributed by atoms with Gasteiger partial charge >= 0.3 is 0 Å². The van der Waals surface area contributed by atoms with E-state index in [0.717, 1.165) is 9.26 Å². The highest BCUT2D eigenvalue weighted by Crippen LogP contribution is 2.14. The van der Waals surface area contributed by atoms with Gasteiger partial charge in [-0.3, -0.25) is 9.59 Å². The van der Waals surface area contributed by atoms with Crippen LogP contribution in [-0.4, -0.2) is 11.8 Å². The first-order chi connectivity index (χ1) is 10.1. The van der Waals surface area contributed by atoms with E-state index in [2.05, 4.69) is 33.2 Å². The minimum Gasteiger partial charge on any atom is -0.326 e. The van der Waals surface area contributed by atoms with Crippen molar-refractivity contribution >= 4 is 45.8 Å². The molecular weight excluding hydrogens is 379 g/mol. The lowest BCUT2D eigenvalue weighted by molar-refractivity contribution is -0.115. The summed E-state index contributed by atoms with van der Waals surface area (Å²) in [5.41, 5.74) is 1.99. The summed E-state index contributed by atoms with van der Waals surface area (Å²) in [6, 6.07) is 14.4. The van der Waals surface area contributed by atoms with E-state index in [4.69, 9.17) is 0 Å². The molecule has 0 unspecified atom stereocenters. The number of nitrogens with one attached hydrogen (secondary N) is 2. The molecule has 0 aromatic heterocycles. The van der Waals surface area contributed by atoms with Crippen molar-refractivity contribution < 1.29 is 9.59 Å². The minimum absolute atomic E-state index is 0.0499. The van der Waals surface area contributed by atoms with Crippen LogP contribution in [0.4, 0.5) is 11.4 Å². The van der Waals surface area contributed by atoms with Gasteiger partial charge in [-0.1, -0.05) is 6.92 Å². The highest BCUT2D eigenvalue weighted by Gasteiger charge is 2.06. The average Bonchev–Trinajstić information content (AvgIpc) is 2.50. The van der Waals surface area contributed by atoms with E-state index >= 15 is 0 Å². The van der Waals surface area contributed by atoms with Gasteiger partial charge in [0, 0.05) is 26.9 Å². The fourth-order valence-electron chi connectivity index (χ4n) is 1.69. The summed E-state index contributed by atoms with van der Waals surface area (Å²) in [6.45, 7) is 1.79. The molecule has 2 rings (SSSR count). The van der Waals surface area contributed by atoms with E-state index in [1.807, 2.05) is 24.3 Å². The fraction of sp³-hybridized carbons (Fsp3) is 0.125. The molecular formula is C16H15IN2O2. The number of hydrogen-bond donors (Lipinski definition) is 2. The predicted octanol–water partition coefficient (Wildman–Crippen LogP) is 3.89. The lowest BCUT2D eigenvalue weighted by Crippen LogP contribution is -2.12. The summed E-state index contributed by atoms with van der Waals surface area (Å²) in [5, 5.41) is 5.57. The van der Waals surface area contributed by atoms with Crippen molar-refractivity contribution in [2.24, 2.45) is 0 Å². The van der Waals surface area contributed by atoms with Crippen LogP contribution in [0.25, 0.3) is 0 Å². The van der Waals surface area contributed by atoms with Crippen LogP contribution >= 0.6 is 22.6 Å². The summed E-state index contributed by atoms with van der Waals surface area (Å²) in [5.74, 6) is -0.226. The molecule has 0 heterocycles. The molecule has 0 atom stereocenters. The molecule has 0 aliphatic heterocycles. The Morgan fingerprint density at radius 1 is 0.905 bits per heavy atom. The highest BCUT2D eigenvalue weighted by atomic mass is 127. The zero-order valence-electron chi connectivity index (χ0n) is 11.5. The van der Waals surface area contributed by atoms with Gasteiger partial charge in [0.15, 0.2) is 0 Å². The molecule has 108 valence electrons. The highest BCUT2D eigenvalue weighted by molar-refractivity contribution is 14.1. The maximum absolute atomic E-state index is 12.1. The van der Waals surface area contributed by atoms with Gasteiger partial charge in [0.25, 0.3) is 5.91 Å². The summed E-state index contributed by atoms with van der Waals surface area (Å²) < 4.78 is 1.11. The topological polar surface area (TPSA) is 58.2 Å². The summed E-state index contributed by atoms with van der Waals surface area (Å²) in [4.78, 5) is 23.4. The molecule has 2 amide bonds. The second-order valence-electron chi connectivity index (χ2n) is 4.44. The molecule has 0 saturated heterocycles. The molecule has 21 heavy (non-hydrogen) atoms. The summed E-state index contributed by atoms with van der Waals surface area (Å²) in [7, 11) is 0. The van der Waals surface area contributed by atoms with E-state index < -0.39 is 0 Å². The first kappa shape index (κ1) is 15.5. The minimum atomic E-state index is -0.176. The number of carbonyl (C=O) groups is 2. The van der Waals surface area contributed by atoms with Gasteiger partial charge in [-0.05, 0) is 71.1 Å². The van der Waals surface area contributed by atoms with Crippen LogP contribution in [0.5, 0.6) is 0 Å². The molecule has 0 saturated carbocycles. The van der Waals surface area contributed by atoms with Crippen LogP contribution in [0.3, 0.4) is 0 Å². The molecule has 0 aliphatic carbocycles. The predicted molar refractivity (Wildman–Crippen MR) is 92.5 cm³/mol. The molecule has 2 N–H and O–H groups in total. The lowest BCUT2D eigenvalue weighted by atomic mass is 10.2. The van der Waals surface area contributed by atoms with Gasteiger partial charge in [0.2, 0.25) is 5.91 Å². The van der Waals surface area contributed by atoms with Crippen molar-refractivity contribution in [3.8, 4) is 0 Å². The van der Waals surface area contributed by atoms with Gasteiger partial charge in [0.1, 0.15) is 0 Å². The normalized spacial score (nSPS) is 10.0. The Kier molecular flexibility index (Phi) is 5.32. The van der Waals surface area contributed by atoms with Crippen LogP contribution in [0.2, 0.25) is 0 Å². The Morgan fingerprint density at radius 3 is 2.00 bits per heavy atom. The Bertz CT molecular complexity index is 636. The summed E-state index contributed by atoms with van der Waals surface area (Å²) >= 11 is 2.21. The maximum Gasteiger partial charge on any atom is 0.255 e. The number of benzene rings is 2. The number of hydrogen-bond acceptors (Lipinski definition) is 2. The molecule has 0 aliphatic rings. The van der Waals surface area contributed by atoms with Gasteiger partial charge < -0.3 is 10.6 Å². The smallest absolute Gasteiger partial charge is 0.255 e. The van der Waals surface area contributed by atoms with E-state index in [9.17, 15) is 9.59 Å². The second-order valence-corrected chi connectivity index (χ2v) is 5.69. The van der Waals surface area contributed by atoms with Crippen molar-refractivity contribution in [1.82, 2.24) is 0 Å². The number of anilines is 2. The summed E-state index contributed by atoms with van der Waals surface area (Å²) in [6.07, 6.45) is 0.426. The lowest BCUT2D eigenvalue weighted by Gasteiger charge is -2.07. The Hall–Kier alpha value is -1.89. The molecule has 0 fully saturated rings. The van der Waals surface area contributed by atoms with Crippen molar-refractivity contribution in [2.45, 2.75) is 13.3 Å². The molecule has 2 aromatic carbocycles. The zero-order chi connectivity index (χ0) is 15.2. The molecule has 0 bridgehead atoms. The van der Waals surface area contributed by atoms with Gasteiger partial charge in [0.05, 0.1) is 0 Å². The SMILES string of the molecule is CCC(=O)Nc1ccc(C(=O)Nc2ccc(I)cc2)cc1. The Morgan fingerprint density at radius 2 is 1.43 bits per heavy atom. The van der Waals surface area contributed by atoms with Crippen molar-refractivity contribution in [3.05, 3.63) is 57.7 Å². The van der Waals surface area contributed by atoms with Crippen molar-refractivity contribution in [3.63, 3.8) is 0 Å². The van der Waals surface area contributed by atoms with Crippen molar-refractivity contribution in [2.75, 3.05) is 10.6 Å². The van der Waals surface area contributed by atoms with Crippen LogP contribution in [-0.2, 0) is 4.79 Å². The van der Waals surface area contributed by atoms with Crippen molar-refractivity contribution in [1.29, 1.82) is 0 Å². The van der Waals surface area contributed by atoms with E-state index in [0.29, 0.717) is 17.7 Å². The Labute approximate surface area is 137 Å². The quantitative estimate of drug-likeness (QED) is 0.774. The van der Waals surface area contributed by atoms with Crippen LogP contribution < -0.4 is 10.6 Å². The number of carbonyl (C=O) groups excluding carboxylic acids is 2. The first-order valence-electron chi connectivity index (χ1n) is 6.55. The Balaban J connectivity index is 2.02. The third-order valence-electron chi connectivity index (χ3n) is 2.85. The molecule has 5 heteroatoms. The number of rotatable bonds is 4. The standard InChI is InChI=1S/C16H15IN2O2/c1-2-15(20)18-13-7-3-11(4-8-13)16(21)19-14-9-5-12(17)6-10-14/h3-10H,2H2,1H3,(H,18,20)(H,19,21). The van der Waals surface area contributed by atoms with E-state index in [1.165, 1.54) is 0 Å². The van der Waals surface area contributed by atoms with Gasteiger partial charge in [-0.2, -0.15) is 0 Å².